The fourth-order valence-corrected chi connectivity index (χ4v) is 3.28. The molecule has 1 aliphatic heterocycles. The summed E-state index contributed by atoms with van der Waals surface area (Å²) in [6.45, 7) is 12.7. The molecule has 2 rings (SSSR count). The van der Waals surface area contributed by atoms with Gasteiger partial charge in [-0.1, -0.05) is 58.0 Å². The maximum Gasteiger partial charge on any atom is 0.0247 e. The molecule has 0 saturated carbocycles. The molecular formula is C18H30N2. The number of rotatable bonds is 5. The average Bonchev–Trinajstić information content (AvgIpc) is 2.39. The zero-order valence-corrected chi connectivity index (χ0v) is 13.5. The Kier molecular flexibility index (Phi) is 5.62. The molecule has 0 radical (unpaired) electrons. The van der Waals surface area contributed by atoms with Gasteiger partial charge in [-0.15, -0.1) is 0 Å². The minimum atomic E-state index is 0.647. The van der Waals surface area contributed by atoms with E-state index >= 15 is 0 Å². The summed E-state index contributed by atoms with van der Waals surface area (Å²) in [6, 6.07) is 12.2. The zero-order chi connectivity index (χ0) is 14.5. The molecule has 0 spiro atoms. The topological polar surface area (TPSA) is 15.3 Å². The van der Waals surface area contributed by atoms with E-state index < -0.39 is 0 Å². The van der Waals surface area contributed by atoms with Crippen LogP contribution in [-0.4, -0.2) is 30.1 Å². The molecule has 0 amide bonds. The van der Waals surface area contributed by atoms with E-state index in [1.807, 2.05) is 0 Å². The predicted molar refractivity (Wildman–Crippen MR) is 86.7 cm³/mol. The lowest BCUT2D eigenvalue weighted by atomic mass is 9.94. The van der Waals surface area contributed by atoms with E-state index in [1.165, 1.54) is 18.5 Å². The second-order valence-electron chi connectivity index (χ2n) is 6.96. The van der Waals surface area contributed by atoms with Crippen molar-refractivity contribution in [1.29, 1.82) is 0 Å². The van der Waals surface area contributed by atoms with E-state index in [1.54, 1.807) is 0 Å². The maximum atomic E-state index is 3.76. The second kappa shape index (κ2) is 7.24. The third kappa shape index (κ3) is 4.32. The molecule has 2 heteroatoms. The van der Waals surface area contributed by atoms with Gasteiger partial charge in [0.2, 0.25) is 0 Å². The summed E-state index contributed by atoms with van der Waals surface area (Å²) in [5.74, 6) is 1.47. The van der Waals surface area contributed by atoms with Crippen LogP contribution < -0.4 is 5.32 Å². The van der Waals surface area contributed by atoms with Gasteiger partial charge in [0.1, 0.15) is 0 Å². The van der Waals surface area contributed by atoms with Crippen LogP contribution in [0, 0.1) is 11.8 Å². The van der Waals surface area contributed by atoms with E-state index in [9.17, 15) is 0 Å². The molecule has 0 aromatic heterocycles. The lowest BCUT2D eigenvalue weighted by Crippen LogP contribution is -2.58. The van der Waals surface area contributed by atoms with Crippen molar-refractivity contribution in [2.24, 2.45) is 11.8 Å². The summed E-state index contributed by atoms with van der Waals surface area (Å²) in [6.07, 6.45) is 1.27. The van der Waals surface area contributed by atoms with E-state index in [4.69, 9.17) is 0 Å². The third-order valence-electron chi connectivity index (χ3n) is 4.29. The molecule has 0 aliphatic carbocycles. The van der Waals surface area contributed by atoms with Gasteiger partial charge in [-0.05, 0) is 23.8 Å². The summed E-state index contributed by atoms with van der Waals surface area (Å²) < 4.78 is 0. The number of nitrogens with one attached hydrogen (secondary N) is 1. The molecule has 2 nitrogen and oxygen atoms in total. The molecule has 1 fully saturated rings. The highest BCUT2D eigenvalue weighted by Gasteiger charge is 2.29. The standard InChI is InChI=1S/C18H30N2/c1-14(2)10-17-13-20(18(11-19-17)15(3)4)12-16-8-6-5-7-9-16/h5-9,14-15,17-19H,10-13H2,1-4H3/t17-,18-/m0/s1. The van der Waals surface area contributed by atoms with Crippen molar-refractivity contribution in [2.45, 2.75) is 52.7 Å². The van der Waals surface area contributed by atoms with E-state index in [2.05, 4.69) is 68.2 Å². The molecule has 1 saturated heterocycles. The fourth-order valence-electron chi connectivity index (χ4n) is 3.28. The molecular weight excluding hydrogens is 244 g/mol. The highest BCUT2D eigenvalue weighted by Crippen LogP contribution is 2.20. The zero-order valence-electron chi connectivity index (χ0n) is 13.5. The van der Waals surface area contributed by atoms with Gasteiger partial charge in [-0.25, -0.2) is 0 Å². The molecule has 20 heavy (non-hydrogen) atoms. The van der Waals surface area contributed by atoms with E-state index in [-0.39, 0.29) is 0 Å². The first-order chi connectivity index (χ1) is 9.56. The van der Waals surface area contributed by atoms with Crippen molar-refractivity contribution in [3.8, 4) is 0 Å². The normalized spacial score (nSPS) is 24.5. The SMILES string of the molecule is CC(C)C[C@H]1CN(Cc2ccccc2)[C@H](C(C)C)CN1. The summed E-state index contributed by atoms with van der Waals surface area (Å²) in [5, 5.41) is 3.76. The van der Waals surface area contributed by atoms with Crippen LogP contribution in [0.4, 0.5) is 0 Å². The first kappa shape index (κ1) is 15.5. The van der Waals surface area contributed by atoms with Crippen molar-refractivity contribution in [1.82, 2.24) is 10.2 Å². The smallest absolute Gasteiger partial charge is 0.0247 e. The highest BCUT2D eigenvalue weighted by atomic mass is 15.2. The van der Waals surface area contributed by atoms with Crippen LogP contribution in [0.3, 0.4) is 0 Å². The second-order valence-corrected chi connectivity index (χ2v) is 6.96. The van der Waals surface area contributed by atoms with Gasteiger partial charge >= 0.3 is 0 Å². The molecule has 1 aromatic rings. The molecule has 112 valence electrons. The molecule has 0 unspecified atom stereocenters. The van der Waals surface area contributed by atoms with Gasteiger partial charge in [0, 0.05) is 31.7 Å². The summed E-state index contributed by atoms with van der Waals surface area (Å²) in [4.78, 5) is 2.68. The molecule has 1 aliphatic rings. The van der Waals surface area contributed by atoms with Crippen molar-refractivity contribution in [3.63, 3.8) is 0 Å². The Hall–Kier alpha value is -0.860. The number of piperazine rings is 1. The van der Waals surface area contributed by atoms with Crippen LogP contribution in [0.5, 0.6) is 0 Å². The van der Waals surface area contributed by atoms with Gasteiger partial charge in [0.25, 0.3) is 0 Å². The van der Waals surface area contributed by atoms with Crippen molar-refractivity contribution in [2.75, 3.05) is 13.1 Å². The molecule has 1 aromatic carbocycles. The molecule has 2 atom stereocenters. The lowest BCUT2D eigenvalue weighted by Gasteiger charge is -2.43. The van der Waals surface area contributed by atoms with Crippen LogP contribution >= 0.6 is 0 Å². The van der Waals surface area contributed by atoms with Crippen LogP contribution in [0.25, 0.3) is 0 Å². The largest absolute Gasteiger partial charge is 0.311 e. The van der Waals surface area contributed by atoms with E-state index in [0.29, 0.717) is 18.0 Å². The highest BCUT2D eigenvalue weighted by molar-refractivity contribution is 5.15. The number of benzene rings is 1. The first-order valence-corrected chi connectivity index (χ1v) is 8.07. The Bertz CT molecular complexity index is 386. The van der Waals surface area contributed by atoms with Crippen LogP contribution in [0.15, 0.2) is 30.3 Å². The van der Waals surface area contributed by atoms with E-state index in [0.717, 1.165) is 19.0 Å². The minimum absolute atomic E-state index is 0.647. The Morgan fingerprint density at radius 3 is 2.45 bits per heavy atom. The van der Waals surface area contributed by atoms with Crippen LogP contribution in [-0.2, 0) is 6.54 Å². The lowest BCUT2D eigenvalue weighted by molar-refractivity contribution is 0.0852. The predicted octanol–water partition coefficient (Wildman–Crippen LogP) is 3.53. The fraction of sp³-hybridized carbons (Fsp3) is 0.667. The van der Waals surface area contributed by atoms with Crippen LogP contribution in [0.2, 0.25) is 0 Å². The monoisotopic (exact) mass is 274 g/mol. The molecule has 0 bridgehead atoms. The molecule has 1 N–H and O–H groups in total. The first-order valence-electron chi connectivity index (χ1n) is 8.07. The minimum Gasteiger partial charge on any atom is -0.311 e. The van der Waals surface area contributed by atoms with Gasteiger partial charge in [-0.3, -0.25) is 4.90 Å². The van der Waals surface area contributed by atoms with Crippen molar-refractivity contribution < 1.29 is 0 Å². The summed E-state index contributed by atoms with van der Waals surface area (Å²) in [7, 11) is 0. The Balaban J connectivity index is 2.03. The Labute approximate surface area is 124 Å². The molecule has 1 heterocycles. The van der Waals surface area contributed by atoms with Gasteiger partial charge in [0.05, 0.1) is 0 Å². The van der Waals surface area contributed by atoms with Crippen molar-refractivity contribution in [3.05, 3.63) is 35.9 Å². The number of hydrogen-bond acceptors (Lipinski definition) is 2. The maximum absolute atomic E-state index is 3.76. The van der Waals surface area contributed by atoms with Gasteiger partial charge < -0.3 is 5.32 Å². The quantitative estimate of drug-likeness (QED) is 0.883. The van der Waals surface area contributed by atoms with Gasteiger partial charge in [-0.2, -0.15) is 0 Å². The Morgan fingerprint density at radius 1 is 1.15 bits per heavy atom. The number of nitrogens with zero attached hydrogens (tertiary/aromatic N) is 1. The summed E-state index contributed by atoms with van der Waals surface area (Å²) >= 11 is 0. The average molecular weight is 274 g/mol. The van der Waals surface area contributed by atoms with Crippen LogP contribution in [0.1, 0.15) is 39.7 Å². The number of hydrogen-bond donors (Lipinski definition) is 1. The third-order valence-corrected chi connectivity index (χ3v) is 4.29. The Morgan fingerprint density at radius 2 is 1.85 bits per heavy atom. The van der Waals surface area contributed by atoms with Gasteiger partial charge in [0.15, 0.2) is 0 Å². The summed E-state index contributed by atoms with van der Waals surface area (Å²) in [5.41, 5.74) is 1.43. The van der Waals surface area contributed by atoms with Crippen molar-refractivity contribution >= 4 is 0 Å².